The van der Waals surface area contributed by atoms with Crippen molar-refractivity contribution in [1.29, 1.82) is 0 Å². The maximum atomic E-state index is 13.5. The Bertz CT molecular complexity index is 1220. The lowest BCUT2D eigenvalue weighted by Crippen LogP contribution is -2.33. The SMILES string of the molecule is C[C@H](CO)OC(=O)N(CC1c2ccccc2-c2ccccc21)SC(c1ccccc1)c1ccccc1. The van der Waals surface area contributed by atoms with Gasteiger partial charge in [-0.15, -0.1) is 0 Å². The Balaban J connectivity index is 1.52. The molecule has 4 aromatic carbocycles. The van der Waals surface area contributed by atoms with E-state index in [9.17, 15) is 9.90 Å². The zero-order valence-electron chi connectivity index (χ0n) is 20.2. The summed E-state index contributed by atoms with van der Waals surface area (Å²) < 4.78 is 7.37. The summed E-state index contributed by atoms with van der Waals surface area (Å²) >= 11 is 1.47. The molecular formula is C31H29NO3S. The summed E-state index contributed by atoms with van der Waals surface area (Å²) in [5.74, 6) is 0.0223. The molecule has 36 heavy (non-hydrogen) atoms. The molecule has 1 aliphatic carbocycles. The van der Waals surface area contributed by atoms with Gasteiger partial charge in [-0.25, -0.2) is 9.10 Å². The quantitative estimate of drug-likeness (QED) is 0.266. The molecule has 0 saturated carbocycles. The Morgan fingerprint density at radius 1 is 0.806 bits per heavy atom. The molecule has 5 heteroatoms. The van der Waals surface area contributed by atoms with E-state index < -0.39 is 12.2 Å². The van der Waals surface area contributed by atoms with Gasteiger partial charge in [-0.1, -0.05) is 109 Å². The van der Waals surface area contributed by atoms with Gasteiger partial charge in [-0.3, -0.25) is 0 Å². The minimum atomic E-state index is -0.587. The summed E-state index contributed by atoms with van der Waals surface area (Å²) in [6, 6.07) is 37.2. The van der Waals surface area contributed by atoms with E-state index in [2.05, 4.69) is 72.8 Å². The number of nitrogens with zero attached hydrogens (tertiary/aromatic N) is 1. The molecule has 4 aromatic rings. The second-order valence-corrected chi connectivity index (χ2v) is 10.1. The van der Waals surface area contributed by atoms with Gasteiger partial charge in [0.05, 0.1) is 11.9 Å². The lowest BCUT2D eigenvalue weighted by atomic mass is 9.97. The number of fused-ring (bicyclic) bond motifs is 3. The zero-order valence-corrected chi connectivity index (χ0v) is 21.0. The smallest absolute Gasteiger partial charge is 0.420 e. The molecule has 1 N–H and O–H groups in total. The fraction of sp³-hybridized carbons (Fsp3) is 0.194. The van der Waals surface area contributed by atoms with Gasteiger partial charge in [0.1, 0.15) is 6.10 Å². The number of rotatable bonds is 8. The first kappa shape index (κ1) is 24.2. The van der Waals surface area contributed by atoms with Crippen LogP contribution in [-0.4, -0.2) is 34.8 Å². The number of amides is 1. The summed E-state index contributed by atoms with van der Waals surface area (Å²) in [5, 5.41) is 9.44. The first-order valence-electron chi connectivity index (χ1n) is 12.2. The van der Waals surface area contributed by atoms with Gasteiger partial charge >= 0.3 is 6.09 Å². The normalized spacial score (nSPS) is 13.2. The van der Waals surface area contributed by atoms with Crippen LogP contribution in [0.4, 0.5) is 4.79 Å². The van der Waals surface area contributed by atoms with Crippen LogP contribution in [0.25, 0.3) is 11.1 Å². The molecule has 0 radical (unpaired) electrons. The highest BCUT2D eigenvalue weighted by atomic mass is 32.2. The first-order chi connectivity index (χ1) is 17.7. The third-order valence-electron chi connectivity index (χ3n) is 6.51. The maximum absolute atomic E-state index is 13.5. The van der Waals surface area contributed by atoms with Crippen LogP contribution in [0.3, 0.4) is 0 Å². The van der Waals surface area contributed by atoms with Gasteiger partial charge in [-0.2, -0.15) is 0 Å². The number of aliphatic hydroxyl groups is 1. The van der Waals surface area contributed by atoms with E-state index in [1.54, 1.807) is 11.2 Å². The zero-order chi connectivity index (χ0) is 24.9. The van der Waals surface area contributed by atoms with Gasteiger partial charge in [0, 0.05) is 12.5 Å². The topological polar surface area (TPSA) is 49.8 Å². The van der Waals surface area contributed by atoms with Crippen LogP contribution in [0.15, 0.2) is 109 Å². The van der Waals surface area contributed by atoms with Crippen molar-refractivity contribution in [2.75, 3.05) is 13.2 Å². The van der Waals surface area contributed by atoms with E-state index in [1.165, 1.54) is 34.2 Å². The molecular weight excluding hydrogens is 466 g/mol. The lowest BCUT2D eigenvalue weighted by Gasteiger charge is -2.30. The van der Waals surface area contributed by atoms with Crippen LogP contribution in [0.5, 0.6) is 0 Å². The van der Waals surface area contributed by atoms with Crippen molar-refractivity contribution in [3.05, 3.63) is 131 Å². The largest absolute Gasteiger partial charge is 0.443 e. The van der Waals surface area contributed by atoms with Crippen molar-refractivity contribution in [2.45, 2.75) is 24.2 Å². The number of benzene rings is 4. The van der Waals surface area contributed by atoms with E-state index in [0.717, 1.165) is 11.1 Å². The summed E-state index contributed by atoms with van der Waals surface area (Å²) in [7, 11) is 0. The number of ether oxygens (including phenoxy) is 1. The summed E-state index contributed by atoms with van der Waals surface area (Å²) in [4.78, 5) is 13.5. The Kier molecular flexibility index (Phi) is 7.40. The highest BCUT2D eigenvalue weighted by Gasteiger charge is 2.33. The Labute approximate surface area is 216 Å². The fourth-order valence-electron chi connectivity index (χ4n) is 4.75. The van der Waals surface area contributed by atoms with Crippen LogP contribution in [-0.2, 0) is 4.74 Å². The van der Waals surface area contributed by atoms with E-state index >= 15 is 0 Å². The third-order valence-corrected chi connectivity index (χ3v) is 7.82. The van der Waals surface area contributed by atoms with Crippen LogP contribution in [0.1, 0.15) is 40.3 Å². The van der Waals surface area contributed by atoms with E-state index in [1.807, 2.05) is 36.4 Å². The number of hydrogen-bond donors (Lipinski definition) is 1. The third kappa shape index (κ3) is 5.03. The molecule has 0 spiro atoms. The maximum Gasteiger partial charge on any atom is 0.420 e. The number of carbonyl (C=O) groups is 1. The van der Waals surface area contributed by atoms with Gasteiger partial charge < -0.3 is 9.84 Å². The monoisotopic (exact) mass is 495 g/mol. The molecule has 1 amide bonds. The molecule has 0 aromatic heterocycles. The summed E-state index contributed by atoms with van der Waals surface area (Å²) in [6.07, 6.45) is -1.03. The molecule has 182 valence electrons. The van der Waals surface area contributed by atoms with Gasteiger partial charge in [0.25, 0.3) is 0 Å². The van der Waals surface area contributed by atoms with Crippen molar-refractivity contribution >= 4 is 18.0 Å². The molecule has 0 saturated heterocycles. The number of hydrogen-bond acceptors (Lipinski definition) is 4. The highest BCUT2D eigenvalue weighted by molar-refractivity contribution is 7.97. The van der Waals surface area contributed by atoms with Crippen molar-refractivity contribution in [2.24, 2.45) is 0 Å². The molecule has 0 unspecified atom stereocenters. The van der Waals surface area contributed by atoms with Crippen molar-refractivity contribution in [3.63, 3.8) is 0 Å². The molecule has 4 nitrogen and oxygen atoms in total. The number of carbonyl (C=O) groups excluding carboxylic acids is 1. The molecule has 5 rings (SSSR count). The average Bonchev–Trinajstić information content (AvgIpc) is 3.25. The predicted octanol–water partition coefficient (Wildman–Crippen LogP) is 7.06. The molecule has 1 aliphatic rings. The standard InChI is InChI=1S/C31H29NO3S/c1-22(21-33)35-31(34)32(36-30(23-12-4-2-5-13-23)24-14-6-3-7-15-24)20-29-27-18-10-8-16-25(27)26-17-9-11-19-28(26)29/h2-19,22,29-30,33H,20-21H2,1H3/t22-/m1/s1. The summed E-state index contributed by atoms with van der Waals surface area (Å²) in [6.45, 7) is 1.93. The summed E-state index contributed by atoms with van der Waals surface area (Å²) in [5.41, 5.74) is 7.06. The van der Waals surface area contributed by atoms with Gasteiger partial charge in [-0.05, 0) is 52.3 Å². The van der Waals surface area contributed by atoms with Crippen LogP contribution in [0, 0.1) is 0 Å². The molecule has 0 aliphatic heterocycles. The lowest BCUT2D eigenvalue weighted by molar-refractivity contribution is 0.0566. The Morgan fingerprint density at radius 2 is 1.28 bits per heavy atom. The van der Waals surface area contributed by atoms with E-state index in [-0.39, 0.29) is 17.8 Å². The molecule has 1 atom stereocenters. The van der Waals surface area contributed by atoms with Crippen molar-refractivity contribution < 1.29 is 14.6 Å². The highest BCUT2D eigenvalue weighted by Crippen LogP contribution is 2.47. The van der Waals surface area contributed by atoms with Crippen molar-refractivity contribution in [1.82, 2.24) is 4.31 Å². The van der Waals surface area contributed by atoms with E-state index in [4.69, 9.17) is 4.74 Å². The van der Waals surface area contributed by atoms with Crippen LogP contribution >= 0.6 is 11.9 Å². The van der Waals surface area contributed by atoms with Gasteiger partial charge in [0.15, 0.2) is 0 Å². The Hall–Kier alpha value is -3.54. The van der Waals surface area contributed by atoms with Crippen molar-refractivity contribution in [3.8, 4) is 11.1 Å². The minimum Gasteiger partial charge on any atom is -0.443 e. The van der Waals surface area contributed by atoms with E-state index in [0.29, 0.717) is 6.54 Å². The molecule has 0 bridgehead atoms. The average molecular weight is 496 g/mol. The molecule has 0 fully saturated rings. The van der Waals surface area contributed by atoms with Gasteiger partial charge in [0.2, 0.25) is 0 Å². The first-order valence-corrected chi connectivity index (χ1v) is 13.0. The minimum absolute atomic E-state index is 0.0223. The fourth-order valence-corrected chi connectivity index (χ4v) is 5.92. The molecule has 0 heterocycles. The predicted molar refractivity (Wildman–Crippen MR) is 146 cm³/mol. The second-order valence-electron chi connectivity index (χ2n) is 8.97. The second kappa shape index (κ2) is 11.0. The van der Waals surface area contributed by atoms with Crippen LogP contribution < -0.4 is 0 Å². The number of aliphatic hydroxyl groups excluding tert-OH is 1. The van der Waals surface area contributed by atoms with Crippen LogP contribution in [0.2, 0.25) is 0 Å². The Morgan fingerprint density at radius 3 is 1.78 bits per heavy atom.